The van der Waals surface area contributed by atoms with Gasteiger partial charge in [-0.1, -0.05) is 0 Å². The Morgan fingerprint density at radius 3 is 3.15 bits per heavy atom. The van der Waals surface area contributed by atoms with Crippen LogP contribution < -0.4 is 5.73 Å². The molecule has 144 valence electrons. The van der Waals surface area contributed by atoms with E-state index in [-0.39, 0.29) is 25.5 Å². The first kappa shape index (κ1) is 19.0. The average Bonchev–Trinajstić information content (AvgIpc) is 3.13. The van der Waals surface area contributed by atoms with E-state index in [4.69, 9.17) is 29.3 Å². The SMILES string of the molecule is B[PH]1(OCCC#N)OC[C@H]2O[C@@H](n3c(Br)nc4c(N)ncnc43)[C@@H](O)[C@H]2O1. The van der Waals surface area contributed by atoms with Crippen LogP contribution in [-0.4, -0.2) is 63.7 Å². The molecule has 4 rings (SSSR count). The van der Waals surface area contributed by atoms with Crippen LogP contribution in [0.15, 0.2) is 11.1 Å². The number of anilines is 1. The molecule has 0 aliphatic carbocycles. The molecule has 2 saturated heterocycles. The normalized spacial score (nSPS) is 30.7. The first-order valence-electron chi connectivity index (χ1n) is 8.23. The van der Waals surface area contributed by atoms with Crippen molar-refractivity contribution >= 4 is 48.3 Å². The summed E-state index contributed by atoms with van der Waals surface area (Å²) >= 11 is 3.36. The van der Waals surface area contributed by atoms with E-state index < -0.39 is 32.4 Å². The summed E-state index contributed by atoms with van der Waals surface area (Å²) in [6.45, 7) is 0.430. The molecule has 14 heteroatoms. The second-order valence-electron chi connectivity index (χ2n) is 6.25. The summed E-state index contributed by atoms with van der Waals surface area (Å²) in [5.74, 6) is 0.231. The van der Waals surface area contributed by atoms with Gasteiger partial charge in [0.25, 0.3) is 0 Å². The van der Waals surface area contributed by atoms with E-state index in [1.807, 2.05) is 6.07 Å². The Kier molecular flexibility index (Phi) is 5.07. The van der Waals surface area contributed by atoms with Crippen molar-refractivity contribution in [1.29, 1.82) is 5.26 Å². The molecule has 4 heterocycles. The minimum absolute atomic E-state index is 0.213. The number of nitrogens with two attached hydrogens (primary N) is 1. The van der Waals surface area contributed by atoms with E-state index >= 15 is 0 Å². The van der Waals surface area contributed by atoms with E-state index in [9.17, 15) is 5.11 Å². The second kappa shape index (κ2) is 7.22. The van der Waals surface area contributed by atoms with Gasteiger partial charge in [-0.15, -0.1) is 0 Å². The average molecular weight is 459 g/mol. The number of rotatable bonds is 4. The van der Waals surface area contributed by atoms with Crippen LogP contribution in [-0.2, 0) is 18.3 Å². The molecule has 4 atom stereocenters. The minimum atomic E-state index is -2.97. The molecular weight excluding hydrogens is 442 g/mol. The third-order valence-corrected chi connectivity index (χ3v) is 7.14. The number of aromatic nitrogens is 4. The Bertz CT molecular complexity index is 913. The van der Waals surface area contributed by atoms with Gasteiger partial charge in [0.1, 0.15) is 0 Å². The predicted octanol–water partition coefficient (Wildman–Crippen LogP) is -0.182. The molecule has 2 aromatic rings. The molecule has 3 N–H and O–H groups in total. The number of fused-ring (bicyclic) bond motifs is 2. The fourth-order valence-corrected chi connectivity index (χ4v) is 5.70. The summed E-state index contributed by atoms with van der Waals surface area (Å²) < 4.78 is 25.3. The molecule has 2 aliphatic rings. The zero-order valence-corrected chi connectivity index (χ0v) is 16.9. The maximum atomic E-state index is 10.9. The predicted molar refractivity (Wildman–Crippen MR) is 101 cm³/mol. The third-order valence-electron chi connectivity index (χ3n) is 4.46. The van der Waals surface area contributed by atoms with Crippen molar-refractivity contribution in [1.82, 2.24) is 19.5 Å². The Labute approximate surface area is 163 Å². The van der Waals surface area contributed by atoms with Crippen LogP contribution in [0, 0.1) is 11.3 Å². The van der Waals surface area contributed by atoms with E-state index in [0.717, 1.165) is 0 Å². The summed E-state index contributed by atoms with van der Waals surface area (Å²) in [6, 6.07) is 2.01. The van der Waals surface area contributed by atoms with E-state index in [2.05, 4.69) is 30.9 Å². The van der Waals surface area contributed by atoms with Crippen molar-refractivity contribution in [2.75, 3.05) is 18.9 Å². The fraction of sp³-hybridized carbons (Fsp3) is 0.538. The van der Waals surface area contributed by atoms with Gasteiger partial charge in [0.05, 0.1) is 0 Å². The number of hydrogen-bond acceptors (Lipinski definition) is 10. The van der Waals surface area contributed by atoms with Gasteiger partial charge in [-0.25, -0.2) is 0 Å². The Balaban J connectivity index is 1.59. The van der Waals surface area contributed by atoms with Gasteiger partial charge in [-0.05, 0) is 0 Å². The Hall–Kier alpha value is -1.39. The Morgan fingerprint density at radius 2 is 2.37 bits per heavy atom. The molecule has 2 aromatic heterocycles. The molecule has 2 aliphatic heterocycles. The van der Waals surface area contributed by atoms with Crippen LogP contribution >= 0.6 is 23.8 Å². The molecule has 2 fully saturated rings. The van der Waals surface area contributed by atoms with Gasteiger partial charge < -0.3 is 0 Å². The molecule has 0 amide bonds. The quantitative estimate of drug-likeness (QED) is 0.273. The number of nitrogens with zero attached hydrogens (tertiary/aromatic N) is 5. The summed E-state index contributed by atoms with van der Waals surface area (Å²) in [5.41, 5.74) is 6.69. The number of aliphatic hydroxyl groups excluding tert-OH is 1. The molecule has 0 unspecified atom stereocenters. The molecule has 11 nitrogen and oxygen atoms in total. The van der Waals surface area contributed by atoms with Crippen LogP contribution in [0.3, 0.4) is 0 Å². The van der Waals surface area contributed by atoms with Gasteiger partial charge in [0.2, 0.25) is 0 Å². The number of halogens is 1. The molecule has 0 bridgehead atoms. The number of ether oxygens (including phenoxy) is 1. The van der Waals surface area contributed by atoms with Crippen molar-refractivity contribution in [3.63, 3.8) is 0 Å². The summed E-state index contributed by atoms with van der Waals surface area (Å²) in [7, 11) is -1.23. The maximum absolute atomic E-state index is 10.9. The van der Waals surface area contributed by atoms with E-state index in [0.29, 0.717) is 15.9 Å². The van der Waals surface area contributed by atoms with Crippen LogP contribution in [0.1, 0.15) is 12.6 Å². The number of nitrogen functional groups attached to an aromatic ring is 1. The topological polar surface area (TPSA) is 151 Å². The number of hydrogen-bond donors (Lipinski definition) is 2. The van der Waals surface area contributed by atoms with Crippen LogP contribution in [0.4, 0.5) is 5.82 Å². The first-order chi connectivity index (χ1) is 12.9. The zero-order valence-electron chi connectivity index (χ0n) is 14.3. The molecule has 27 heavy (non-hydrogen) atoms. The van der Waals surface area contributed by atoms with E-state index in [1.54, 1.807) is 12.1 Å². The monoisotopic (exact) mass is 458 g/mol. The molecule has 0 radical (unpaired) electrons. The zero-order chi connectivity index (χ0) is 19.2. The van der Waals surface area contributed by atoms with Crippen molar-refractivity contribution in [2.45, 2.75) is 31.0 Å². The van der Waals surface area contributed by atoms with Crippen LogP contribution in [0.2, 0.25) is 0 Å². The van der Waals surface area contributed by atoms with Crippen LogP contribution in [0.25, 0.3) is 11.2 Å². The van der Waals surface area contributed by atoms with E-state index in [1.165, 1.54) is 6.33 Å². The molecule has 0 saturated carbocycles. The number of imidazole rings is 1. The summed E-state index contributed by atoms with van der Waals surface area (Å²) in [6.07, 6.45) is -1.36. The first-order valence-corrected chi connectivity index (χ1v) is 11.3. The molecule has 0 spiro atoms. The molecular formula is C13H17BBrN6O5P. The van der Waals surface area contributed by atoms with Gasteiger partial charge in [-0.2, -0.15) is 0 Å². The third kappa shape index (κ3) is 3.32. The van der Waals surface area contributed by atoms with Crippen molar-refractivity contribution in [3.8, 4) is 6.07 Å². The van der Waals surface area contributed by atoms with Crippen molar-refractivity contribution in [3.05, 3.63) is 11.1 Å². The van der Waals surface area contributed by atoms with Gasteiger partial charge in [-0.3, -0.25) is 0 Å². The van der Waals surface area contributed by atoms with Crippen molar-refractivity contribution < 1.29 is 23.4 Å². The van der Waals surface area contributed by atoms with Gasteiger partial charge >= 0.3 is 164 Å². The van der Waals surface area contributed by atoms with Crippen LogP contribution in [0.5, 0.6) is 0 Å². The molecule has 0 aromatic carbocycles. The number of nitriles is 1. The van der Waals surface area contributed by atoms with Gasteiger partial charge in [0, 0.05) is 0 Å². The van der Waals surface area contributed by atoms with Gasteiger partial charge in [0.15, 0.2) is 0 Å². The fourth-order valence-electron chi connectivity index (χ4n) is 3.21. The number of aliphatic hydroxyl groups is 1. The van der Waals surface area contributed by atoms with Crippen molar-refractivity contribution in [2.24, 2.45) is 0 Å². The summed E-state index contributed by atoms with van der Waals surface area (Å²) in [4.78, 5) is 12.4. The standard InChI is InChI=1S/C13H17BBrN6O5P/c14-27(23-3-1-2-16)24-4-6-9(26-27)8(22)12(25-6)21-11-7(20-13(21)15)10(17)18-5-19-11/h5-6,8-9,12,22,27H,1,3-4,14H2,(H2,17,18,19)/t6-,8+,9+,12-/m1/s1. The summed E-state index contributed by atoms with van der Waals surface area (Å²) in [5, 5.41) is 19.5. The Morgan fingerprint density at radius 1 is 1.56 bits per heavy atom. The second-order valence-corrected chi connectivity index (χ2v) is 9.50.